The predicted molar refractivity (Wildman–Crippen MR) is 152 cm³/mol. The van der Waals surface area contributed by atoms with Crippen molar-refractivity contribution < 1.29 is 4.57 Å². The molecule has 0 aliphatic carbocycles. The second-order valence-electron chi connectivity index (χ2n) is 11.9. The molecule has 194 valence electrons. The van der Waals surface area contributed by atoms with Gasteiger partial charge in [-0.25, -0.2) is 4.57 Å². The molecule has 3 rings (SSSR count). The van der Waals surface area contributed by atoms with Crippen LogP contribution in [0.2, 0.25) is 0 Å². The van der Waals surface area contributed by atoms with Gasteiger partial charge in [-0.3, -0.25) is 9.97 Å². The first-order valence-corrected chi connectivity index (χ1v) is 14.0. The van der Waals surface area contributed by atoms with Crippen LogP contribution >= 0.6 is 0 Å². The predicted octanol–water partition coefficient (Wildman–Crippen LogP) is 8.63. The molecule has 3 unspecified atom stereocenters. The van der Waals surface area contributed by atoms with Crippen LogP contribution in [0.4, 0.5) is 0 Å². The number of pyridine rings is 3. The van der Waals surface area contributed by atoms with Gasteiger partial charge in [-0.05, 0) is 77.8 Å². The average Bonchev–Trinajstić information content (AvgIpc) is 2.86. The second kappa shape index (κ2) is 12.6. The first-order valence-electron chi connectivity index (χ1n) is 14.0. The van der Waals surface area contributed by atoms with E-state index in [1.54, 1.807) is 0 Å². The molecule has 0 fully saturated rings. The zero-order chi connectivity index (χ0) is 26.4. The van der Waals surface area contributed by atoms with Gasteiger partial charge in [0.25, 0.3) is 0 Å². The summed E-state index contributed by atoms with van der Waals surface area (Å²) < 4.78 is 2.43. The lowest BCUT2D eigenvalue weighted by Crippen LogP contribution is -2.37. The summed E-state index contributed by atoms with van der Waals surface area (Å²) >= 11 is 0. The monoisotopic (exact) mass is 486 g/mol. The zero-order valence-electron chi connectivity index (χ0n) is 24.1. The SMILES string of the molecule is CC(C)c1cc(C(C)CCC(C)c2ccc(C(C)C)nc2)c[n+](CC(C)c2ccnc(C(C)C)c2)c1. The quantitative estimate of drug-likeness (QED) is 0.254. The fraction of sp³-hybridized carbons (Fsp3) is 0.545. The van der Waals surface area contributed by atoms with Crippen LogP contribution in [0.25, 0.3) is 0 Å². The third-order valence-corrected chi connectivity index (χ3v) is 7.65. The Morgan fingerprint density at radius 1 is 0.583 bits per heavy atom. The standard InChI is InChI=1S/C33H48N3/c1-22(2)30-16-31(26(8)11-10-25(7)29-12-13-32(23(3)4)35-18-29)21-36(20-30)19-27(9)28-14-15-34-33(17-28)24(5)6/h12-18,20-27H,10-11,19H2,1-9H3/q+1. The second-order valence-corrected chi connectivity index (χ2v) is 11.9. The maximum absolute atomic E-state index is 4.69. The van der Waals surface area contributed by atoms with Crippen molar-refractivity contribution in [2.24, 2.45) is 0 Å². The maximum atomic E-state index is 4.69. The topological polar surface area (TPSA) is 29.7 Å². The Morgan fingerprint density at radius 3 is 1.81 bits per heavy atom. The Hall–Kier alpha value is -2.55. The third kappa shape index (κ3) is 7.48. The molecular formula is C33H48N3+. The first kappa shape index (κ1) is 28.0. The molecule has 3 atom stereocenters. The highest BCUT2D eigenvalue weighted by Crippen LogP contribution is 2.29. The fourth-order valence-corrected chi connectivity index (χ4v) is 4.77. The highest BCUT2D eigenvalue weighted by molar-refractivity contribution is 5.24. The van der Waals surface area contributed by atoms with E-state index < -0.39 is 0 Å². The van der Waals surface area contributed by atoms with Crippen LogP contribution in [0.3, 0.4) is 0 Å². The van der Waals surface area contributed by atoms with E-state index in [2.05, 4.69) is 126 Å². The summed E-state index contributed by atoms with van der Waals surface area (Å²) in [5, 5.41) is 0. The summed E-state index contributed by atoms with van der Waals surface area (Å²) in [5.74, 6) is 2.91. The number of hydrogen-bond donors (Lipinski definition) is 0. The molecular weight excluding hydrogens is 438 g/mol. The van der Waals surface area contributed by atoms with E-state index >= 15 is 0 Å². The third-order valence-electron chi connectivity index (χ3n) is 7.65. The van der Waals surface area contributed by atoms with Gasteiger partial charge in [0, 0.05) is 40.8 Å². The Bertz CT molecular complexity index is 1100. The van der Waals surface area contributed by atoms with Gasteiger partial charge in [-0.2, -0.15) is 0 Å². The fourth-order valence-electron chi connectivity index (χ4n) is 4.77. The minimum atomic E-state index is 0.433. The Kier molecular flexibility index (Phi) is 9.82. The van der Waals surface area contributed by atoms with E-state index in [9.17, 15) is 0 Å². The molecule has 0 aliphatic heterocycles. The Labute approximate surface area is 220 Å². The minimum Gasteiger partial charge on any atom is -0.261 e. The summed E-state index contributed by atoms with van der Waals surface area (Å²) in [6.07, 6.45) is 11.1. The highest BCUT2D eigenvalue weighted by Gasteiger charge is 2.19. The molecule has 3 heteroatoms. The maximum Gasteiger partial charge on any atom is 0.172 e. The number of rotatable bonds is 11. The Balaban J connectivity index is 1.72. The van der Waals surface area contributed by atoms with Crippen molar-refractivity contribution in [2.45, 2.75) is 117 Å². The van der Waals surface area contributed by atoms with Crippen LogP contribution in [-0.4, -0.2) is 9.97 Å². The van der Waals surface area contributed by atoms with E-state index in [1.807, 2.05) is 6.20 Å². The van der Waals surface area contributed by atoms with Gasteiger partial charge in [0.1, 0.15) is 0 Å². The summed E-state index contributed by atoms with van der Waals surface area (Å²) in [6.45, 7) is 21.5. The van der Waals surface area contributed by atoms with Gasteiger partial charge < -0.3 is 0 Å². The summed E-state index contributed by atoms with van der Waals surface area (Å²) in [4.78, 5) is 9.25. The van der Waals surface area contributed by atoms with Gasteiger partial charge in [-0.1, -0.05) is 68.4 Å². The molecule has 0 aliphatic rings. The molecule has 0 saturated heterocycles. The van der Waals surface area contributed by atoms with Gasteiger partial charge >= 0.3 is 0 Å². The zero-order valence-corrected chi connectivity index (χ0v) is 24.1. The molecule has 3 heterocycles. The molecule has 3 aromatic heterocycles. The Morgan fingerprint density at radius 2 is 1.22 bits per heavy atom. The van der Waals surface area contributed by atoms with Gasteiger partial charge in [0.15, 0.2) is 18.9 Å². The summed E-state index contributed by atoms with van der Waals surface area (Å²) in [6, 6.07) is 11.4. The average molecular weight is 487 g/mol. The molecule has 36 heavy (non-hydrogen) atoms. The lowest BCUT2D eigenvalue weighted by Gasteiger charge is -2.18. The van der Waals surface area contributed by atoms with Crippen molar-refractivity contribution in [1.82, 2.24) is 9.97 Å². The first-order chi connectivity index (χ1) is 17.0. The molecule has 0 bridgehead atoms. The van der Waals surface area contributed by atoms with Gasteiger partial charge in [0.05, 0.1) is 0 Å². The smallest absolute Gasteiger partial charge is 0.172 e. The summed E-state index contributed by atoms with van der Waals surface area (Å²) in [7, 11) is 0. The van der Waals surface area contributed by atoms with Crippen molar-refractivity contribution in [3.63, 3.8) is 0 Å². The summed E-state index contributed by atoms with van der Waals surface area (Å²) in [5.41, 5.74) is 7.95. The molecule has 0 spiro atoms. The van der Waals surface area contributed by atoms with E-state index in [0.29, 0.717) is 35.5 Å². The van der Waals surface area contributed by atoms with Gasteiger partial charge in [0.2, 0.25) is 0 Å². The van der Waals surface area contributed by atoms with Crippen LogP contribution in [-0.2, 0) is 6.54 Å². The molecule has 0 radical (unpaired) electrons. The van der Waals surface area contributed by atoms with Crippen molar-refractivity contribution in [1.29, 1.82) is 0 Å². The minimum absolute atomic E-state index is 0.433. The lowest BCUT2D eigenvalue weighted by atomic mass is 9.89. The van der Waals surface area contributed by atoms with Crippen molar-refractivity contribution in [3.05, 3.63) is 88.8 Å². The highest BCUT2D eigenvalue weighted by atomic mass is 14.9. The van der Waals surface area contributed by atoms with Crippen LogP contribution in [0, 0.1) is 0 Å². The van der Waals surface area contributed by atoms with Crippen LogP contribution in [0.1, 0.15) is 144 Å². The van der Waals surface area contributed by atoms with Gasteiger partial charge in [-0.15, -0.1) is 0 Å². The number of aromatic nitrogens is 3. The lowest BCUT2D eigenvalue weighted by molar-refractivity contribution is -0.700. The van der Waals surface area contributed by atoms with E-state index in [1.165, 1.54) is 46.5 Å². The van der Waals surface area contributed by atoms with Crippen molar-refractivity contribution in [3.8, 4) is 0 Å². The molecule has 3 nitrogen and oxygen atoms in total. The van der Waals surface area contributed by atoms with Crippen LogP contribution < -0.4 is 4.57 Å². The van der Waals surface area contributed by atoms with Crippen LogP contribution in [0.15, 0.2) is 55.1 Å². The molecule has 0 saturated carbocycles. The number of hydrogen-bond acceptors (Lipinski definition) is 2. The molecule has 0 N–H and O–H groups in total. The largest absolute Gasteiger partial charge is 0.261 e. The normalized spacial score (nSPS) is 14.4. The van der Waals surface area contributed by atoms with Crippen LogP contribution in [0.5, 0.6) is 0 Å². The van der Waals surface area contributed by atoms with E-state index in [4.69, 9.17) is 0 Å². The molecule has 0 aromatic carbocycles. The van der Waals surface area contributed by atoms with E-state index in [-0.39, 0.29) is 0 Å². The number of nitrogens with zero attached hydrogens (tertiary/aromatic N) is 3. The van der Waals surface area contributed by atoms with Crippen molar-refractivity contribution in [2.75, 3.05) is 0 Å². The molecule has 3 aromatic rings. The van der Waals surface area contributed by atoms with Crippen molar-refractivity contribution >= 4 is 0 Å². The molecule has 0 amide bonds. The van der Waals surface area contributed by atoms with E-state index in [0.717, 1.165) is 6.54 Å².